The molecule has 1 aromatic rings. The molecule has 1 saturated heterocycles. The molecule has 0 atom stereocenters. The molecular formula is C16H23NO3. The fourth-order valence-corrected chi connectivity index (χ4v) is 2.53. The van der Waals surface area contributed by atoms with Gasteiger partial charge in [0.1, 0.15) is 11.5 Å². The predicted octanol–water partition coefficient (Wildman–Crippen LogP) is 2.66. The van der Waals surface area contributed by atoms with Gasteiger partial charge in [-0.2, -0.15) is 0 Å². The maximum Gasteiger partial charge on any atom is 0.169 e. The molecule has 1 N–H and O–H groups in total. The second kappa shape index (κ2) is 6.75. The first-order valence-electron chi connectivity index (χ1n) is 7.21. The number of benzene rings is 1. The molecule has 0 saturated carbocycles. The number of carbonyl (C=O) groups is 1. The summed E-state index contributed by atoms with van der Waals surface area (Å²) < 4.78 is 11.0. The van der Waals surface area contributed by atoms with Crippen molar-refractivity contribution < 1.29 is 14.3 Å². The summed E-state index contributed by atoms with van der Waals surface area (Å²) in [6.07, 6.45) is 1.86. The summed E-state index contributed by atoms with van der Waals surface area (Å²) in [5, 5.41) is 3.28. The van der Waals surface area contributed by atoms with E-state index in [1.165, 1.54) is 0 Å². The Kier molecular flexibility index (Phi) is 5.01. The van der Waals surface area contributed by atoms with E-state index in [1.807, 2.05) is 32.0 Å². The minimum atomic E-state index is 0.0828. The molecule has 110 valence electrons. The third-order valence-corrected chi connectivity index (χ3v) is 3.52. The van der Waals surface area contributed by atoms with Gasteiger partial charge in [0.05, 0.1) is 18.8 Å². The van der Waals surface area contributed by atoms with Crippen LogP contribution in [0.5, 0.6) is 11.5 Å². The molecule has 1 heterocycles. The monoisotopic (exact) mass is 277 g/mol. The number of piperidine rings is 1. The van der Waals surface area contributed by atoms with Crippen LogP contribution in [0.15, 0.2) is 18.2 Å². The molecular weight excluding hydrogens is 254 g/mol. The van der Waals surface area contributed by atoms with Crippen molar-refractivity contribution in [1.82, 2.24) is 5.32 Å². The van der Waals surface area contributed by atoms with Crippen LogP contribution in [-0.2, 0) is 0 Å². The number of carbonyl (C=O) groups excluding carboxylic acids is 1. The fraction of sp³-hybridized carbons (Fsp3) is 0.562. The number of ketones is 1. The highest BCUT2D eigenvalue weighted by atomic mass is 16.5. The highest BCUT2D eigenvalue weighted by Gasteiger charge is 2.25. The van der Waals surface area contributed by atoms with E-state index < -0.39 is 0 Å². The number of methoxy groups -OCH3 is 1. The zero-order valence-corrected chi connectivity index (χ0v) is 12.4. The van der Waals surface area contributed by atoms with Gasteiger partial charge >= 0.3 is 0 Å². The quantitative estimate of drug-likeness (QED) is 0.841. The summed E-state index contributed by atoms with van der Waals surface area (Å²) in [6, 6.07) is 5.47. The third kappa shape index (κ3) is 3.51. The minimum absolute atomic E-state index is 0.0828. The first kappa shape index (κ1) is 14.9. The molecule has 0 amide bonds. The van der Waals surface area contributed by atoms with Crippen LogP contribution in [0.1, 0.15) is 37.0 Å². The van der Waals surface area contributed by atoms with E-state index in [9.17, 15) is 4.79 Å². The van der Waals surface area contributed by atoms with Crippen molar-refractivity contribution in [2.24, 2.45) is 5.92 Å². The van der Waals surface area contributed by atoms with Crippen LogP contribution in [0.2, 0.25) is 0 Å². The van der Waals surface area contributed by atoms with E-state index in [1.54, 1.807) is 7.11 Å². The van der Waals surface area contributed by atoms with Crippen molar-refractivity contribution in [2.45, 2.75) is 32.8 Å². The molecule has 0 bridgehead atoms. The van der Waals surface area contributed by atoms with Crippen molar-refractivity contribution in [3.05, 3.63) is 23.8 Å². The zero-order chi connectivity index (χ0) is 14.5. The van der Waals surface area contributed by atoms with Crippen LogP contribution in [0.3, 0.4) is 0 Å². The standard InChI is InChI=1S/C16H23NO3/c1-11(2)20-13-4-5-15(19-3)14(10-13)16(18)12-6-8-17-9-7-12/h4-5,10-12,17H,6-9H2,1-3H3. The summed E-state index contributed by atoms with van der Waals surface area (Å²) in [5.41, 5.74) is 0.637. The third-order valence-electron chi connectivity index (χ3n) is 3.52. The van der Waals surface area contributed by atoms with Crippen molar-refractivity contribution >= 4 is 5.78 Å². The van der Waals surface area contributed by atoms with Gasteiger partial charge < -0.3 is 14.8 Å². The first-order valence-corrected chi connectivity index (χ1v) is 7.21. The Bertz CT molecular complexity index is 465. The summed E-state index contributed by atoms with van der Waals surface area (Å²) in [5.74, 6) is 1.60. The van der Waals surface area contributed by atoms with Gasteiger partial charge in [-0.1, -0.05) is 0 Å². The average molecular weight is 277 g/mol. The smallest absolute Gasteiger partial charge is 0.169 e. The molecule has 20 heavy (non-hydrogen) atoms. The van der Waals surface area contributed by atoms with Gasteiger partial charge in [-0.3, -0.25) is 4.79 Å². The molecule has 1 aromatic carbocycles. The lowest BCUT2D eigenvalue weighted by molar-refractivity contribution is 0.0891. The lowest BCUT2D eigenvalue weighted by Gasteiger charge is -2.22. The fourth-order valence-electron chi connectivity index (χ4n) is 2.53. The molecule has 1 fully saturated rings. The van der Waals surface area contributed by atoms with Gasteiger partial charge in [-0.15, -0.1) is 0 Å². The Labute approximate surface area is 120 Å². The SMILES string of the molecule is COc1ccc(OC(C)C)cc1C(=O)C1CCNCC1. The number of ether oxygens (including phenoxy) is 2. The van der Waals surface area contributed by atoms with Crippen LogP contribution in [-0.4, -0.2) is 32.1 Å². The first-order chi connectivity index (χ1) is 9.61. The summed E-state index contributed by atoms with van der Waals surface area (Å²) in [4.78, 5) is 12.7. The molecule has 0 aromatic heterocycles. The molecule has 1 aliphatic heterocycles. The van der Waals surface area contributed by atoms with E-state index in [0.717, 1.165) is 31.7 Å². The van der Waals surface area contributed by atoms with Crippen LogP contribution in [0, 0.1) is 5.92 Å². The van der Waals surface area contributed by atoms with Gasteiger partial charge in [-0.25, -0.2) is 0 Å². The Morgan fingerprint density at radius 1 is 1.30 bits per heavy atom. The summed E-state index contributed by atoms with van der Waals surface area (Å²) in [7, 11) is 1.59. The second-order valence-electron chi connectivity index (χ2n) is 5.42. The maximum absolute atomic E-state index is 12.7. The molecule has 4 nitrogen and oxygen atoms in total. The molecule has 4 heteroatoms. The van der Waals surface area contributed by atoms with Gasteiger partial charge in [-0.05, 0) is 58.0 Å². The normalized spacial score (nSPS) is 16.2. The molecule has 0 radical (unpaired) electrons. The predicted molar refractivity (Wildman–Crippen MR) is 78.7 cm³/mol. The van der Waals surface area contributed by atoms with Gasteiger partial charge in [0.25, 0.3) is 0 Å². The Hall–Kier alpha value is -1.55. The largest absolute Gasteiger partial charge is 0.496 e. The van der Waals surface area contributed by atoms with Crippen LogP contribution in [0.4, 0.5) is 0 Å². The van der Waals surface area contributed by atoms with Crippen LogP contribution < -0.4 is 14.8 Å². The zero-order valence-electron chi connectivity index (χ0n) is 12.4. The van der Waals surface area contributed by atoms with Crippen LogP contribution in [0.25, 0.3) is 0 Å². The number of hydrogen-bond acceptors (Lipinski definition) is 4. The van der Waals surface area contributed by atoms with E-state index >= 15 is 0 Å². The summed E-state index contributed by atoms with van der Waals surface area (Å²) >= 11 is 0. The highest BCUT2D eigenvalue weighted by molar-refractivity contribution is 6.00. The Balaban J connectivity index is 2.24. The maximum atomic E-state index is 12.7. The lowest BCUT2D eigenvalue weighted by atomic mass is 9.89. The molecule has 0 unspecified atom stereocenters. The van der Waals surface area contributed by atoms with Gasteiger partial charge in [0.2, 0.25) is 0 Å². The summed E-state index contributed by atoms with van der Waals surface area (Å²) in [6.45, 7) is 5.75. The van der Waals surface area contributed by atoms with Crippen molar-refractivity contribution in [3.8, 4) is 11.5 Å². The molecule has 0 aliphatic carbocycles. The van der Waals surface area contributed by atoms with E-state index in [-0.39, 0.29) is 17.8 Å². The van der Waals surface area contributed by atoms with E-state index in [4.69, 9.17) is 9.47 Å². The Morgan fingerprint density at radius 2 is 2.00 bits per heavy atom. The molecule has 1 aliphatic rings. The molecule has 0 spiro atoms. The van der Waals surface area contributed by atoms with Crippen molar-refractivity contribution in [2.75, 3.05) is 20.2 Å². The average Bonchev–Trinajstić information content (AvgIpc) is 2.46. The van der Waals surface area contributed by atoms with Crippen molar-refractivity contribution in [1.29, 1.82) is 0 Å². The van der Waals surface area contributed by atoms with Gasteiger partial charge in [0.15, 0.2) is 5.78 Å². The number of nitrogens with one attached hydrogen (secondary N) is 1. The highest BCUT2D eigenvalue weighted by Crippen LogP contribution is 2.29. The number of Topliss-reactive ketones (excluding diaryl/α,β-unsaturated/α-hetero) is 1. The lowest BCUT2D eigenvalue weighted by Crippen LogP contribution is -2.32. The van der Waals surface area contributed by atoms with Gasteiger partial charge in [0, 0.05) is 5.92 Å². The topological polar surface area (TPSA) is 47.6 Å². The van der Waals surface area contributed by atoms with Crippen molar-refractivity contribution in [3.63, 3.8) is 0 Å². The number of hydrogen-bond donors (Lipinski definition) is 1. The molecule has 2 rings (SSSR count). The van der Waals surface area contributed by atoms with E-state index in [0.29, 0.717) is 11.3 Å². The van der Waals surface area contributed by atoms with Crippen LogP contribution >= 0.6 is 0 Å². The van der Waals surface area contributed by atoms with E-state index in [2.05, 4.69) is 5.32 Å². The minimum Gasteiger partial charge on any atom is -0.496 e. The number of rotatable bonds is 5. The second-order valence-corrected chi connectivity index (χ2v) is 5.42. The Morgan fingerprint density at radius 3 is 2.60 bits per heavy atom.